The highest BCUT2D eigenvalue weighted by Gasteiger charge is 2.08. The van der Waals surface area contributed by atoms with Crippen molar-refractivity contribution >= 4 is 17.8 Å². The normalized spacial score (nSPS) is 10.4. The number of rotatable bonds is 7. The van der Waals surface area contributed by atoms with Crippen LogP contribution in [0.1, 0.15) is 30.8 Å². The molecule has 0 radical (unpaired) electrons. The van der Waals surface area contributed by atoms with E-state index in [9.17, 15) is 9.59 Å². The fourth-order valence-corrected chi connectivity index (χ4v) is 1.25. The summed E-state index contributed by atoms with van der Waals surface area (Å²) in [6.45, 7) is 5.10. The number of carboxylic acid groups (broad SMARTS) is 1. The van der Waals surface area contributed by atoms with Crippen LogP contribution in [0.25, 0.3) is 0 Å². The minimum atomic E-state index is -1.11. The summed E-state index contributed by atoms with van der Waals surface area (Å²) in [7, 11) is 0. The summed E-state index contributed by atoms with van der Waals surface area (Å²) in [6.07, 6.45) is 0.315. The Bertz CT molecular complexity index is 412. The van der Waals surface area contributed by atoms with Crippen LogP contribution in [0.5, 0.6) is 0 Å². The van der Waals surface area contributed by atoms with Gasteiger partial charge in [-0.15, -0.1) is 0 Å². The van der Waals surface area contributed by atoms with Crippen molar-refractivity contribution in [3.8, 4) is 0 Å². The average molecular weight is 254 g/mol. The fraction of sp³-hybridized carbons (Fsp3) is 0.500. The fourth-order valence-electron chi connectivity index (χ4n) is 1.25. The highest BCUT2D eigenvalue weighted by atomic mass is 16.4. The van der Waals surface area contributed by atoms with Crippen molar-refractivity contribution < 1.29 is 19.1 Å². The molecule has 6 heteroatoms. The van der Waals surface area contributed by atoms with E-state index < -0.39 is 5.97 Å². The van der Waals surface area contributed by atoms with Crippen molar-refractivity contribution in [3.63, 3.8) is 0 Å². The first kappa shape index (κ1) is 14.1. The van der Waals surface area contributed by atoms with Crippen LogP contribution in [0, 0.1) is 5.92 Å². The predicted octanol–water partition coefficient (Wildman–Crippen LogP) is 1.55. The molecule has 100 valence electrons. The van der Waals surface area contributed by atoms with Gasteiger partial charge in [-0.1, -0.05) is 13.8 Å². The Morgan fingerprint density at radius 3 is 2.67 bits per heavy atom. The van der Waals surface area contributed by atoms with Crippen LogP contribution in [0.2, 0.25) is 0 Å². The maximum atomic E-state index is 11.4. The molecule has 1 heterocycles. The molecule has 6 nitrogen and oxygen atoms in total. The molecule has 1 amide bonds. The first-order chi connectivity index (χ1) is 8.49. The third-order valence-electron chi connectivity index (χ3n) is 2.18. The van der Waals surface area contributed by atoms with Gasteiger partial charge in [0.2, 0.25) is 11.7 Å². The largest absolute Gasteiger partial charge is 0.475 e. The maximum absolute atomic E-state index is 11.4. The molecule has 1 rings (SSSR count). The molecule has 0 aliphatic rings. The van der Waals surface area contributed by atoms with Crippen molar-refractivity contribution in [2.24, 2.45) is 5.92 Å². The first-order valence-electron chi connectivity index (χ1n) is 5.82. The Morgan fingerprint density at radius 2 is 2.11 bits per heavy atom. The number of anilines is 1. The van der Waals surface area contributed by atoms with Gasteiger partial charge < -0.3 is 20.2 Å². The number of carbonyl (C=O) groups is 2. The van der Waals surface area contributed by atoms with E-state index in [4.69, 9.17) is 9.52 Å². The number of nitrogens with one attached hydrogen (secondary N) is 2. The van der Waals surface area contributed by atoms with Crippen LogP contribution in [-0.2, 0) is 4.79 Å². The van der Waals surface area contributed by atoms with Gasteiger partial charge in [-0.05, 0) is 12.0 Å². The third kappa shape index (κ3) is 4.90. The molecule has 1 aromatic rings. The van der Waals surface area contributed by atoms with E-state index in [2.05, 4.69) is 10.6 Å². The van der Waals surface area contributed by atoms with Crippen molar-refractivity contribution in [2.45, 2.75) is 20.3 Å². The summed E-state index contributed by atoms with van der Waals surface area (Å²) in [5, 5.41) is 14.3. The monoisotopic (exact) mass is 254 g/mol. The molecule has 0 aliphatic carbocycles. The Balaban J connectivity index is 2.24. The quantitative estimate of drug-likeness (QED) is 0.686. The number of hydrogen-bond acceptors (Lipinski definition) is 4. The number of amides is 1. The van der Waals surface area contributed by atoms with Gasteiger partial charge in [0.05, 0.1) is 0 Å². The van der Waals surface area contributed by atoms with Crippen LogP contribution in [0.4, 0.5) is 5.88 Å². The average Bonchev–Trinajstić information content (AvgIpc) is 2.75. The van der Waals surface area contributed by atoms with Gasteiger partial charge in [0.25, 0.3) is 0 Å². The maximum Gasteiger partial charge on any atom is 0.371 e. The van der Waals surface area contributed by atoms with E-state index in [0.29, 0.717) is 31.3 Å². The van der Waals surface area contributed by atoms with Crippen molar-refractivity contribution in [1.29, 1.82) is 0 Å². The smallest absolute Gasteiger partial charge is 0.371 e. The topological polar surface area (TPSA) is 91.6 Å². The minimum Gasteiger partial charge on any atom is -0.475 e. The lowest BCUT2D eigenvalue weighted by atomic mass is 10.2. The second-order valence-electron chi connectivity index (χ2n) is 4.34. The van der Waals surface area contributed by atoms with Gasteiger partial charge in [0.15, 0.2) is 5.88 Å². The Labute approximate surface area is 105 Å². The van der Waals surface area contributed by atoms with E-state index in [1.54, 1.807) is 0 Å². The molecule has 3 N–H and O–H groups in total. The first-order valence-corrected chi connectivity index (χ1v) is 5.82. The highest BCUT2D eigenvalue weighted by Crippen LogP contribution is 2.12. The van der Waals surface area contributed by atoms with Crippen LogP contribution in [-0.4, -0.2) is 30.1 Å². The number of furan rings is 1. The van der Waals surface area contributed by atoms with E-state index >= 15 is 0 Å². The summed E-state index contributed by atoms with van der Waals surface area (Å²) in [6, 6.07) is 2.89. The molecule has 0 saturated carbocycles. The molecule has 0 unspecified atom stereocenters. The SMILES string of the molecule is CC(C)CNC(=O)CCNc1ccc(C(=O)O)o1. The third-order valence-corrected chi connectivity index (χ3v) is 2.18. The summed E-state index contributed by atoms with van der Waals surface area (Å²) in [5.74, 6) is -0.505. The van der Waals surface area contributed by atoms with E-state index in [-0.39, 0.29) is 11.7 Å². The summed E-state index contributed by atoms with van der Waals surface area (Å²) >= 11 is 0. The molecular weight excluding hydrogens is 236 g/mol. The van der Waals surface area contributed by atoms with Crippen LogP contribution in [0.15, 0.2) is 16.5 Å². The lowest BCUT2D eigenvalue weighted by molar-refractivity contribution is -0.120. The van der Waals surface area contributed by atoms with Gasteiger partial charge in [0, 0.05) is 25.6 Å². The summed E-state index contributed by atoms with van der Waals surface area (Å²) < 4.78 is 4.98. The Morgan fingerprint density at radius 1 is 1.39 bits per heavy atom. The second-order valence-corrected chi connectivity index (χ2v) is 4.34. The Hall–Kier alpha value is -1.98. The zero-order valence-corrected chi connectivity index (χ0v) is 10.5. The molecule has 0 saturated heterocycles. The predicted molar refractivity (Wildman–Crippen MR) is 66.6 cm³/mol. The van der Waals surface area contributed by atoms with Crippen molar-refractivity contribution in [3.05, 3.63) is 17.9 Å². The van der Waals surface area contributed by atoms with E-state index in [1.165, 1.54) is 12.1 Å². The molecule has 1 aromatic heterocycles. The van der Waals surface area contributed by atoms with Crippen molar-refractivity contribution in [1.82, 2.24) is 5.32 Å². The molecule has 0 aromatic carbocycles. The second kappa shape index (κ2) is 6.68. The number of hydrogen-bond donors (Lipinski definition) is 3. The highest BCUT2D eigenvalue weighted by molar-refractivity contribution is 5.84. The van der Waals surface area contributed by atoms with Crippen LogP contribution < -0.4 is 10.6 Å². The molecule has 0 bridgehead atoms. The number of carboxylic acids is 1. The van der Waals surface area contributed by atoms with Gasteiger partial charge >= 0.3 is 5.97 Å². The lowest BCUT2D eigenvalue weighted by Gasteiger charge is -2.07. The van der Waals surface area contributed by atoms with E-state index in [0.717, 1.165) is 0 Å². The van der Waals surface area contributed by atoms with Gasteiger partial charge in [-0.2, -0.15) is 0 Å². The number of aromatic carboxylic acids is 1. The van der Waals surface area contributed by atoms with Gasteiger partial charge in [0.1, 0.15) is 0 Å². The van der Waals surface area contributed by atoms with Crippen LogP contribution in [0.3, 0.4) is 0 Å². The molecule has 0 fully saturated rings. The molecule has 0 aliphatic heterocycles. The summed E-state index contributed by atoms with van der Waals surface area (Å²) in [4.78, 5) is 21.9. The zero-order chi connectivity index (χ0) is 13.5. The molecule has 18 heavy (non-hydrogen) atoms. The van der Waals surface area contributed by atoms with Crippen molar-refractivity contribution in [2.75, 3.05) is 18.4 Å². The van der Waals surface area contributed by atoms with Gasteiger partial charge in [-0.25, -0.2) is 4.79 Å². The number of carbonyl (C=O) groups excluding carboxylic acids is 1. The molecular formula is C12H18N2O4. The molecule has 0 spiro atoms. The zero-order valence-electron chi connectivity index (χ0n) is 10.5. The molecule has 0 atom stereocenters. The van der Waals surface area contributed by atoms with E-state index in [1.807, 2.05) is 13.8 Å². The van der Waals surface area contributed by atoms with Crippen LogP contribution >= 0.6 is 0 Å². The minimum absolute atomic E-state index is 0.0405. The Kier molecular flexibility index (Phi) is 5.23. The summed E-state index contributed by atoms with van der Waals surface area (Å²) in [5.41, 5.74) is 0. The van der Waals surface area contributed by atoms with Gasteiger partial charge in [-0.3, -0.25) is 4.79 Å². The lowest BCUT2D eigenvalue weighted by Crippen LogP contribution is -2.28. The standard InChI is InChI=1S/C12H18N2O4/c1-8(2)7-14-10(15)5-6-13-11-4-3-9(18-11)12(16)17/h3-4,8,13H,5-7H2,1-2H3,(H,14,15)(H,16,17).